The molecule has 0 heterocycles. The molecule has 2 aromatic carbocycles. The van der Waals surface area contributed by atoms with Gasteiger partial charge in [0.1, 0.15) is 5.75 Å². The monoisotopic (exact) mass is 272 g/mol. The highest BCUT2D eigenvalue weighted by Crippen LogP contribution is 2.31. The number of aryl methyl sites for hydroxylation is 3. The van der Waals surface area contributed by atoms with Gasteiger partial charge in [-0.15, -0.1) is 0 Å². The molecule has 0 atom stereocenters. The summed E-state index contributed by atoms with van der Waals surface area (Å²) >= 11 is 0. The lowest BCUT2D eigenvalue weighted by Gasteiger charge is -2.10. The molecule has 0 aliphatic rings. The zero-order valence-corrected chi connectivity index (χ0v) is 11.9. The second kappa shape index (κ2) is 6.33. The van der Waals surface area contributed by atoms with Gasteiger partial charge in [0.2, 0.25) is 0 Å². The van der Waals surface area contributed by atoms with Gasteiger partial charge in [0.25, 0.3) is 0 Å². The predicted octanol–water partition coefficient (Wildman–Crippen LogP) is 3.59. The van der Waals surface area contributed by atoms with Crippen LogP contribution in [-0.2, 0) is 12.8 Å². The molecule has 0 saturated heterocycles. The van der Waals surface area contributed by atoms with Crippen molar-refractivity contribution >= 4 is 0 Å². The Labute approximate surface area is 119 Å². The highest BCUT2D eigenvalue weighted by molar-refractivity contribution is 5.45. The molecule has 0 radical (unpaired) electrons. The molecule has 0 aliphatic heterocycles. The van der Waals surface area contributed by atoms with Crippen molar-refractivity contribution in [3.63, 3.8) is 0 Å². The molecular formula is C17H20O3. The Morgan fingerprint density at radius 1 is 0.900 bits per heavy atom. The van der Waals surface area contributed by atoms with Crippen LogP contribution in [-0.4, -0.2) is 17.3 Å². The molecule has 20 heavy (non-hydrogen) atoms. The van der Waals surface area contributed by atoms with Gasteiger partial charge in [-0.3, -0.25) is 0 Å². The maximum absolute atomic E-state index is 10.0. The average Bonchev–Trinajstić information content (AvgIpc) is 2.45. The number of methoxy groups -OCH3 is 1. The third-order valence-electron chi connectivity index (χ3n) is 3.52. The molecule has 0 aromatic heterocycles. The van der Waals surface area contributed by atoms with Crippen LogP contribution < -0.4 is 4.74 Å². The van der Waals surface area contributed by atoms with Gasteiger partial charge in [0, 0.05) is 0 Å². The van der Waals surface area contributed by atoms with Crippen molar-refractivity contribution in [3.05, 3.63) is 53.1 Å². The summed E-state index contributed by atoms with van der Waals surface area (Å²) in [6.45, 7) is 1.90. The minimum atomic E-state index is 0.212. The molecule has 106 valence electrons. The number of hydrogen-bond acceptors (Lipinski definition) is 3. The van der Waals surface area contributed by atoms with E-state index in [0.717, 1.165) is 36.0 Å². The third-order valence-corrected chi connectivity index (χ3v) is 3.52. The summed E-state index contributed by atoms with van der Waals surface area (Å²) in [7, 11) is 1.55. The second-order valence-corrected chi connectivity index (χ2v) is 4.90. The fourth-order valence-corrected chi connectivity index (χ4v) is 2.32. The lowest BCUT2D eigenvalue weighted by atomic mass is 10.0. The highest BCUT2D eigenvalue weighted by Gasteiger charge is 2.08. The molecular weight excluding hydrogens is 252 g/mol. The Balaban J connectivity index is 2.01. The van der Waals surface area contributed by atoms with Crippen LogP contribution in [0.2, 0.25) is 0 Å². The largest absolute Gasteiger partial charge is 0.507 e. The molecule has 0 fully saturated rings. The molecule has 0 aliphatic carbocycles. The Morgan fingerprint density at radius 3 is 2.15 bits per heavy atom. The number of para-hydroxylation sites is 2. The van der Waals surface area contributed by atoms with Gasteiger partial charge in [-0.25, -0.2) is 0 Å². The van der Waals surface area contributed by atoms with Gasteiger partial charge in [0.15, 0.2) is 11.5 Å². The maximum Gasteiger partial charge on any atom is 0.160 e. The topological polar surface area (TPSA) is 49.7 Å². The summed E-state index contributed by atoms with van der Waals surface area (Å²) < 4.78 is 5.10. The summed E-state index contributed by atoms with van der Waals surface area (Å²) in [4.78, 5) is 0. The first-order valence-corrected chi connectivity index (χ1v) is 6.75. The van der Waals surface area contributed by atoms with E-state index < -0.39 is 0 Å². The van der Waals surface area contributed by atoms with Crippen molar-refractivity contribution in [1.82, 2.24) is 0 Å². The van der Waals surface area contributed by atoms with Crippen LogP contribution >= 0.6 is 0 Å². The third kappa shape index (κ3) is 3.05. The van der Waals surface area contributed by atoms with Gasteiger partial charge in [-0.1, -0.05) is 30.3 Å². The van der Waals surface area contributed by atoms with Crippen molar-refractivity contribution in [3.8, 4) is 17.2 Å². The fourth-order valence-electron chi connectivity index (χ4n) is 2.32. The number of ether oxygens (including phenoxy) is 1. The van der Waals surface area contributed by atoms with Crippen LogP contribution in [0.15, 0.2) is 36.4 Å². The fraction of sp³-hybridized carbons (Fsp3) is 0.294. The first-order chi connectivity index (χ1) is 9.63. The molecule has 0 spiro atoms. The second-order valence-electron chi connectivity index (χ2n) is 4.90. The van der Waals surface area contributed by atoms with Crippen LogP contribution in [0.3, 0.4) is 0 Å². The van der Waals surface area contributed by atoms with E-state index in [1.165, 1.54) is 0 Å². The van der Waals surface area contributed by atoms with E-state index in [4.69, 9.17) is 4.74 Å². The first-order valence-electron chi connectivity index (χ1n) is 6.75. The van der Waals surface area contributed by atoms with Gasteiger partial charge in [-0.2, -0.15) is 0 Å². The van der Waals surface area contributed by atoms with E-state index in [0.29, 0.717) is 11.5 Å². The SMILES string of the molecule is COc1cccc(CCCc2cccc(C)c2O)c1O. The van der Waals surface area contributed by atoms with Crippen LogP contribution in [0.5, 0.6) is 17.2 Å². The molecule has 2 rings (SSSR count). The minimum absolute atomic E-state index is 0.212. The van der Waals surface area contributed by atoms with E-state index in [9.17, 15) is 10.2 Å². The lowest BCUT2D eigenvalue weighted by Crippen LogP contribution is -1.93. The van der Waals surface area contributed by atoms with Gasteiger partial charge in [0.05, 0.1) is 7.11 Å². The Bertz CT molecular complexity index is 591. The van der Waals surface area contributed by atoms with Crippen LogP contribution in [0.4, 0.5) is 0 Å². The van der Waals surface area contributed by atoms with E-state index in [2.05, 4.69) is 0 Å². The van der Waals surface area contributed by atoms with Crippen LogP contribution in [0, 0.1) is 6.92 Å². The summed E-state index contributed by atoms with van der Waals surface area (Å²) in [5, 5.41) is 20.0. The minimum Gasteiger partial charge on any atom is -0.507 e. The number of phenols is 2. The molecule has 0 amide bonds. The Morgan fingerprint density at radius 2 is 1.50 bits per heavy atom. The number of phenolic OH excluding ortho intramolecular Hbond substituents is 2. The molecule has 2 N–H and O–H groups in total. The zero-order valence-electron chi connectivity index (χ0n) is 11.9. The Hall–Kier alpha value is -2.16. The number of hydrogen-bond donors (Lipinski definition) is 2. The summed E-state index contributed by atoms with van der Waals surface area (Å²) in [5.41, 5.74) is 2.72. The van der Waals surface area contributed by atoms with Crippen molar-refractivity contribution in [2.75, 3.05) is 7.11 Å². The average molecular weight is 272 g/mol. The van der Waals surface area contributed by atoms with Crippen molar-refractivity contribution in [2.24, 2.45) is 0 Å². The van der Waals surface area contributed by atoms with Gasteiger partial charge < -0.3 is 14.9 Å². The number of rotatable bonds is 5. The molecule has 3 nitrogen and oxygen atoms in total. The van der Waals surface area contributed by atoms with Crippen molar-refractivity contribution in [1.29, 1.82) is 0 Å². The molecule has 0 bridgehead atoms. The van der Waals surface area contributed by atoms with Crippen LogP contribution in [0.1, 0.15) is 23.1 Å². The smallest absolute Gasteiger partial charge is 0.160 e. The van der Waals surface area contributed by atoms with E-state index in [1.54, 1.807) is 13.2 Å². The standard InChI is InChI=1S/C17H20O3/c1-12-6-3-7-13(16(12)18)8-4-9-14-10-5-11-15(20-2)17(14)19/h3,5-7,10-11,18-19H,4,8-9H2,1-2H3. The highest BCUT2D eigenvalue weighted by atomic mass is 16.5. The van der Waals surface area contributed by atoms with Crippen LogP contribution in [0.25, 0.3) is 0 Å². The van der Waals surface area contributed by atoms with Crippen molar-refractivity contribution in [2.45, 2.75) is 26.2 Å². The van der Waals surface area contributed by atoms with Gasteiger partial charge in [-0.05, 0) is 48.9 Å². The quantitative estimate of drug-likeness (QED) is 0.874. The maximum atomic E-state index is 10.0. The van der Waals surface area contributed by atoms with Gasteiger partial charge >= 0.3 is 0 Å². The van der Waals surface area contributed by atoms with Crippen molar-refractivity contribution < 1.29 is 14.9 Å². The summed E-state index contributed by atoms with van der Waals surface area (Å²) in [6, 6.07) is 11.3. The van der Waals surface area contributed by atoms with E-state index in [1.807, 2.05) is 37.3 Å². The molecule has 3 heteroatoms. The first kappa shape index (κ1) is 14.3. The van der Waals surface area contributed by atoms with E-state index in [-0.39, 0.29) is 5.75 Å². The number of aromatic hydroxyl groups is 2. The molecule has 0 saturated carbocycles. The molecule has 2 aromatic rings. The summed E-state index contributed by atoms with van der Waals surface area (Å²) in [5.74, 6) is 1.09. The lowest BCUT2D eigenvalue weighted by molar-refractivity contribution is 0.370. The number of benzene rings is 2. The zero-order chi connectivity index (χ0) is 14.5. The van der Waals surface area contributed by atoms with E-state index >= 15 is 0 Å². The molecule has 0 unspecified atom stereocenters. The Kier molecular flexibility index (Phi) is 4.51. The predicted molar refractivity (Wildman–Crippen MR) is 79.5 cm³/mol. The normalized spacial score (nSPS) is 10.5. The summed E-state index contributed by atoms with van der Waals surface area (Å²) in [6.07, 6.45) is 2.39.